The standard InChI is InChI=1S/2C34H43ClN2O7S/c2*1-21-5-3-14-34(41,17-31(38)39)28-10-7-25(28)18-37-19-33(13-4-6-23-15-26(35)9-11-27(23)33)20-44-30-12-8-24(16-29(30)37)32(40)36-45(42,43)22(21)2/h2*8-9,11-12,15-16,21-22,25,28,41H,3-7,10,13-14,17-20H2,1-2H3,(H,36,40)(H,38,39)/t21-,22+,25-,28+,33-,34+;21-,22+,25-,28+,33-,34-/m00/s1. The molecule has 0 saturated heterocycles. The van der Waals surface area contributed by atoms with E-state index in [0.717, 1.165) is 64.2 Å². The van der Waals surface area contributed by atoms with E-state index in [1.165, 1.54) is 22.3 Å². The number of carboxylic acids is 2. The van der Waals surface area contributed by atoms with Crippen LogP contribution in [0.15, 0.2) is 72.8 Å². The van der Waals surface area contributed by atoms with Gasteiger partial charge in [0.25, 0.3) is 11.8 Å². The Kier molecular flexibility index (Phi) is 18.8. The molecule has 8 aliphatic rings. The van der Waals surface area contributed by atoms with Gasteiger partial charge in [-0.05, 0) is 222 Å². The van der Waals surface area contributed by atoms with Crippen molar-refractivity contribution in [3.63, 3.8) is 0 Å². The van der Waals surface area contributed by atoms with Crippen LogP contribution in [0.5, 0.6) is 11.5 Å². The zero-order valence-electron chi connectivity index (χ0n) is 51.9. The third-order valence-corrected chi connectivity index (χ3v) is 26.5. The summed E-state index contributed by atoms with van der Waals surface area (Å²) in [5, 5.41) is 43.2. The van der Waals surface area contributed by atoms with E-state index in [2.05, 4.69) is 31.4 Å². The van der Waals surface area contributed by atoms with Crippen molar-refractivity contribution in [2.75, 3.05) is 49.2 Å². The molecule has 0 aromatic heterocycles. The smallest absolute Gasteiger partial charge is 0.306 e. The fourth-order valence-corrected chi connectivity index (χ4v) is 19.5. The van der Waals surface area contributed by atoms with Crippen LogP contribution in [0.25, 0.3) is 0 Å². The van der Waals surface area contributed by atoms with Crippen LogP contribution in [0.3, 0.4) is 0 Å². The van der Waals surface area contributed by atoms with Crippen molar-refractivity contribution in [2.45, 2.75) is 176 Å². The molecule has 90 heavy (non-hydrogen) atoms. The number of nitrogens with one attached hydrogen (secondary N) is 2. The first-order valence-electron chi connectivity index (χ1n) is 32.2. The number of fused-ring (bicyclic) bond motifs is 8. The molecular formula is C68H86Cl2N4O14S2. The predicted molar refractivity (Wildman–Crippen MR) is 345 cm³/mol. The van der Waals surface area contributed by atoms with E-state index in [-0.39, 0.29) is 83.1 Å². The number of halogens is 2. The van der Waals surface area contributed by atoms with Crippen molar-refractivity contribution < 1.29 is 65.9 Å². The van der Waals surface area contributed by atoms with Crippen molar-refractivity contribution in [1.82, 2.24) is 9.44 Å². The van der Waals surface area contributed by atoms with E-state index >= 15 is 0 Å². The maximum Gasteiger partial charge on any atom is 0.306 e. The minimum Gasteiger partial charge on any atom is -0.490 e. The van der Waals surface area contributed by atoms with Crippen molar-refractivity contribution >= 4 is 78.4 Å². The lowest BCUT2D eigenvalue weighted by Crippen LogP contribution is -2.53. The van der Waals surface area contributed by atoms with Crippen LogP contribution in [0, 0.1) is 35.5 Å². The molecule has 2 saturated carbocycles. The number of hydrogen-bond acceptors (Lipinski definition) is 14. The van der Waals surface area contributed by atoms with Crippen LogP contribution >= 0.6 is 23.2 Å². The van der Waals surface area contributed by atoms with Crippen LogP contribution in [0.2, 0.25) is 10.0 Å². The number of ether oxygens (including phenoxy) is 2. The lowest BCUT2D eigenvalue weighted by molar-refractivity contribution is -0.153. The molecule has 4 aliphatic carbocycles. The first-order chi connectivity index (χ1) is 42.6. The first kappa shape index (κ1) is 65.8. The van der Waals surface area contributed by atoms with Crippen LogP contribution < -0.4 is 28.7 Å². The largest absolute Gasteiger partial charge is 0.490 e. The molecule has 488 valence electrons. The molecule has 12 atom stereocenters. The molecule has 0 unspecified atom stereocenters. The number of carbonyl (C=O) groups is 4. The molecule has 2 amide bonds. The average Bonchev–Trinajstić information content (AvgIpc) is 1.48. The van der Waals surface area contributed by atoms with Crippen molar-refractivity contribution in [3.05, 3.63) is 116 Å². The maximum atomic E-state index is 13.4. The zero-order valence-corrected chi connectivity index (χ0v) is 55.0. The molecule has 4 aromatic carbocycles. The number of sulfonamides is 2. The van der Waals surface area contributed by atoms with Gasteiger partial charge in [-0.1, -0.05) is 62.0 Å². The van der Waals surface area contributed by atoms with Crippen LogP contribution in [0.4, 0.5) is 11.4 Å². The summed E-state index contributed by atoms with van der Waals surface area (Å²) in [6, 6.07) is 22.2. The van der Waals surface area contributed by atoms with Gasteiger partial charge in [-0.25, -0.2) is 26.3 Å². The number of benzene rings is 4. The highest BCUT2D eigenvalue weighted by atomic mass is 35.5. The van der Waals surface area contributed by atoms with E-state index in [1.54, 1.807) is 50.2 Å². The molecule has 18 nitrogen and oxygen atoms in total. The SMILES string of the molecule is C[C@@H]1[C@@H](C)CCC[C@@](O)(CC(=O)O)[C@@H]2CC[C@H]2CN2C[C@@]3(CCCc4cc(Cl)ccc43)COc3ccc(cc32)C(=O)NS1(=O)=O.C[C@@H]1[C@@H](C)CCC[C@](O)(CC(=O)O)[C@@H]2CC[C@H]2CN2C[C@@]3(CCCc4cc(Cl)ccc43)COc3ccc(cc32)C(=O)NS1(=O)=O. The Hall–Kier alpha value is -5.64. The third kappa shape index (κ3) is 13.3. The Labute approximate surface area is 538 Å². The van der Waals surface area contributed by atoms with Gasteiger partial charge in [-0.15, -0.1) is 0 Å². The summed E-state index contributed by atoms with van der Waals surface area (Å²) in [6.45, 7) is 9.91. The number of amides is 2. The molecule has 4 bridgehead atoms. The number of nitrogens with zero attached hydrogens (tertiary/aromatic N) is 2. The second kappa shape index (κ2) is 25.7. The summed E-state index contributed by atoms with van der Waals surface area (Å²) >= 11 is 12.8. The molecule has 6 N–H and O–H groups in total. The van der Waals surface area contributed by atoms with E-state index < -0.39 is 65.5 Å². The van der Waals surface area contributed by atoms with Gasteiger partial charge in [0.15, 0.2) is 0 Å². The molecular weight excluding hydrogens is 1230 g/mol. The van der Waals surface area contributed by atoms with E-state index in [9.17, 15) is 56.4 Å². The number of aliphatic carboxylic acids is 2. The number of carbonyl (C=O) groups excluding carboxylic acids is 2. The number of carboxylic acid groups (broad SMARTS) is 2. The Bertz CT molecular complexity index is 3430. The second-order valence-corrected chi connectivity index (χ2v) is 32.9. The van der Waals surface area contributed by atoms with Crippen molar-refractivity contribution in [2.24, 2.45) is 35.5 Å². The first-order valence-corrected chi connectivity index (χ1v) is 36.1. The fraction of sp³-hybridized carbons (Fsp3) is 0.588. The molecule has 2 spiro atoms. The third-order valence-electron chi connectivity index (χ3n) is 22.2. The summed E-state index contributed by atoms with van der Waals surface area (Å²) in [4.78, 5) is 55.3. The topological polar surface area (TPSA) is 266 Å². The summed E-state index contributed by atoms with van der Waals surface area (Å²) in [6.07, 6.45) is 10.5. The fourth-order valence-electron chi connectivity index (χ4n) is 16.5. The highest BCUT2D eigenvalue weighted by molar-refractivity contribution is 7.91. The highest BCUT2D eigenvalue weighted by Crippen LogP contribution is 2.52. The quantitative estimate of drug-likeness (QED) is 0.111. The number of aryl methyl sites for hydroxylation is 2. The van der Waals surface area contributed by atoms with Crippen molar-refractivity contribution in [1.29, 1.82) is 0 Å². The Morgan fingerprint density at radius 2 is 0.956 bits per heavy atom. The molecule has 0 radical (unpaired) electrons. The van der Waals surface area contributed by atoms with Crippen LogP contribution in [-0.2, 0) is 53.3 Å². The minimum atomic E-state index is -4.00. The molecule has 4 heterocycles. The molecule has 4 aliphatic heterocycles. The number of aliphatic hydroxyl groups is 2. The zero-order chi connectivity index (χ0) is 64.3. The summed E-state index contributed by atoms with van der Waals surface area (Å²) < 4.78 is 70.8. The van der Waals surface area contributed by atoms with E-state index in [0.29, 0.717) is 98.0 Å². The number of rotatable bonds is 4. The average molecular weight is 1320 g/mol. The van der Waals surface area contributed by atoms with Gasteiger partial charge < -0.3 is 39.7 Å². The van der Waals surface area contributed by atoms with Gasteiger partial charge in [-0.2, -0.15) is 0 Å². The Morgan fingerprint density at radius 3 is 1.32 bits per heavy atom. The summed E-state index contributed by atoms with van der Waals surface area (Å²) in [7, 11) is -8.01. The van der Waals surface area contributed by atoms with E-state index in [4.69, 9.17) is 32.7 Å². The molecule has 12 rings (SSSR count). The van der Waals surface area contributed by atoms with Gasteiger partial charge in [0.05, 0.1) is 59.1 Å². The second-order valence-electron chi connectivity index (χ2n) is 27.9. The molecule has 2 fully saturated rings. The Morgan fingerprint density at radius 1 is 0.556 bits per heavy atom. The Balaban J connectivity index is 0.000000185. The monoisotopic (exact) mass is 1320 g/mol. The number of hydrogen-bond donors (Lipinski definition) is 6. The van der Waals surface area contributed by atoms with Gasteiger partial charge in [0.1, 0.15) is 11.5 Å². The van der Waals surface area contributed by atoms with Crippen molar-refractivity contribution in [3.8, 4) is 11.5 Å². The molecule has 22 heteroatoms. The maximum absolute atomic E-state index is 13.4. The highest BCUT2D eigenvalue weighted by Gasteiger charge is 2.52. The minimum absolute atomic E-state index is 0.0349. The van der Waals surface area contributed by atoms with Gasteiger partial charge >= 0.3 is 11.9 Å². The van der Waals surface area contributed by atoms with Gasteiger partial charge in [0, 0.05) is 58.2 Å². The summed E-state index contributed by atoms with van der Waals surface area (Å²) in [5.74, 6) is -3.23. The summed E-state index contributed by atoms with van der Waals surface area (Å²) in [5.41, 5.74) is 3.09. The lowest BCUT2D eigenvalue weighted by atomic mass is 9.62. The normalized spacial score (nSPS) is 33.1. The van der Waals surface area contributed by atoms with E-state index in [1.807, 2.05) is 38.1 Å². The van der Waals surface area contributed by atoms with Gasteiger partial charge in [-0.3, -0.25) is 19.2 Å². The van der Waals surface area contributed by atoms with Gasteiger partial charge in [0.2, 0.25) is 20.0 Å². The lowest BCUT2D eigenvalue weighted by Gasteiger charge is -2.50. The van der Waals surface area contributed by atoms with Crippen LogP contribution in [-0.4, -0.2) is 122 Å². The number of anilines is 2. The van der Waals surface area contributed by atoms with Crippen LogP contribution in [0.1, 0.15) is 173 Å². The molecule has 4 aromatic rings. The predicted octanol–water partition coefficient (Wildman–Crippen LogP) is 10.6.